The van der Waals surface area contributed by atoms with E-state index in [1.165, 1.54) is 0 Å². The van der Waals surface area contributed by atoms with Crippen molar-refractivity contribution in [3.8, 4) is 0 Å². The third kappa shape index (κ3) is 39.1. The second-order valence-corrected chi connectivity index (χ2v) is 14.8. The molecule has 11 heteroatoms. The van der Waals surface area contributed by atoms with Crippen LogP contribution in [0.1, 0.15) is 136 Å². The molecule has 10 nitrogen and oxygen atoms in total. The van der Waals surface area contributed by atoms with Crippen LogP contribution in [0.25, 0.3) is 0 Å². The van der Waals surface area contributed by atoms with E-state index in [0.29, 0.717) is 19.3 Å². The van der Waals surface area contributed by atoms with E-state index in [1.54, 1.807) is 0 Å². The lowest BCUT2D eigenvalue weighted by atomic mass is 10.1. The smallest absolute Gasteiger partial charge is 0.462 e. The maximum Gasteiger partial charge on any atom is 0.472 e. The minimum atomic E-state index is -4.41. The normalized spacial score (nSPS) is 14.9. The minimum Gasteiger partial charge on any atom is -0.462 e. The molecule has 4 N–H and O–H groups in total. The van der Waals surface area contributed by atoms with Gasteiger partial charge in [-0.2, -0.15) is 0 Å². The number of unbranched alkanes of at least 4 members (excludes halogenated alkanes) is 7. The molecular formula is C45H74NO9P. The Hall–Kier alpha value is -3.11. The summed E-state index contributed by atoms with van der Waals surface area (Å²) in [7, 11) is -4.41. The minimum absolute atomic E-state index is 0.0278. The molecule has 0 saturated carbocycles. The fraction of sp³-hybridized carbons (Fsp3) is 0.600. The molecule has 0 bridgehead atoms. The summed E-state index contributed by atoms with van der Waals surface area (Å²) in [6, 6.07) is 0. The van der Waals surface area contributed by atoms with Crippen molar-refractivity contribution >= 4 is 19.8 Å². The molecule has 0 aromatic heterocycles. The van der Waals surface area contributed by atoms with Crippen LogP contribution in [0.2, 0.25) is 0 Å². The van der Waals surface area contributed by atoms with Crippen molar-refractivity contribution in [2.75, 3.05) is 26.4 Å². The molecule has 318 valence electrons. The van der Waals surface area contributed by atoms with Gasteiger partial charge in [0.05, 0.1) is 19.3 Å². The molecule has 0 radical (unpaired) electrons. The lowest BCUT2D eigenvalue weighted by Gasteiger charge is -2.19. The Kier molecular flexibility index (Phi) is 37.9. The highest BCUT2D eigenvalue weighted by Crippen LogP contribution is 2.43. The summed E-state index contributed by atoms with van der Waals surface area (Å²) < 4.78 is 32.6. The van der Waals surface area contributed by atoms with Gasteiger partial charge in [-0.15, -0.1) is 0 Å². The molecule has 0 fully saturated rings. The molecule has 0 spiro atoms. The SMILES string of the molecule is CC/C=C\C/C=C\C/C=C\C/C=C\CCCCCCC(=O)OC[C@H](COP(=O)(O)OCCN)OC(=O)CCC/C=C\C/C=C\C/C=C\C=C\[C@@H](O)CCCCC. The number of allylic oxidation sites excluding steroid dienone is 15. The third-order valence-electron chi connectivity index (χ3n) is 8.06. The number of aliphatic hydroxyl groups is 1. The summed E-state index contributed by atoms with van der Waals surface area (Å²) in [6.45, 7) is 3.35. The number of phosphoric ester groups is 1. The summed E-state index contributed by atoms with van der Waals surface area (Å²) in [5.74, 6) is -0.960. The highest BCUT2D eigenvalue weighted by molar-refractivity contribution is 7.47. The zero-order chi connectivity index (χ0) is 41.2. The fourth-order valence-electron chi connectivity index (χ4n) is 4.96. The van der Waals surface area contributed by atoms with Crippen LogP contribution < -0.4 is 5.73 Å². The number of carbonyl (C=O) groups is 2. The van der Waals surface area contributed by atoms with E-state index in [4.69, 9.17) is 24.3 Å². The van der Waals surface area contributed by atoms with Crippen molar-refractivity contribution in [1.82, 2.24) is 0 Å². The second-order valence-electron chi connectivity index (χ2n) is 13.3. The first-order chi connectivity index (χ1) is 27.2. The molecule has 0 aromatic rings. The van der Waals surface area contributed by atoms with Crippen molar-refractivity contribution in [1.29, 1.82) is 0 Å². The predicted octanol–water partition coefficient (Wildman–Crippen LogP) is 10.8. The highest BCUT2D eigenvalue weighted by atomic mass is 31.2. The summed E-state index contributed by atoms with van der Waals surface area (Å²) in [6.07, 6.45) is 47.7. The molecule has 0 saturated heterocycles. The summed E-state index contributed by atoms with van der Waals surface area (Å²) >= 11 is 0. The Morgan fingerprint density at radius 2 is 1.21 bits per heavy atom. The van der Waals surface area contributed by atoms with Crippen molar-refractivity contribution in [3.05, 3.63) is 97.2 Å². The zero-order valence-corrected chi connectivity index (χ0v) is 35.3. The molecule has 0 rings (SSSR count). The van der Waals surface area contributed by atoms with E-state index in [-0.39, 0.29) is 38.7 Å². The van der Waals surface area contributed by atoms with Crippen LogP contribution in [-0.2, 0) is 32.7 Å². The Labute approximate surface area is 339 Å². The van der Waals surface area contributed by atoms with E-state index in [0.717, 1.165) is 89.9 Å². The molecule has 0 aliphatic rings. The predicted molar refractivity (Wildman–Crippen MR) is 230 cm³/mol. The molecular weight excluding hydrogens is 729 g/mol. The van der Waals surface area contributed by atoms with E-state index in [9.17, 15) is 24.2 Å². The molecule has 1 unspecified atom stereocenters. The molecule has 3 atom stereocenters. The first-order valence-electron chi connectivity index (χ1n) is 20.8. The fourth-order valence-corrected chi connectivity index (χ4v) is 5.73. The van der Waals surface area contributed by atoms with Crippen LogP contribution in [0, 0.1) is 0 Å². The van der Waals surface area contributed by atoms with E-state index >= 15 is 0 Å². The van der Waals surface area contributed by atoms with Gasteiger partial charge >= 0.3 is 19.8 Å². The van der Waals surface area contributed by atoms with Crippen LogP contribution in [0.5, 0.6) is 0 Å². The van der Waals surface area contributed by atoms with Gasteiger partial charge in [0.25, 0.3) is 0 Å². The van der Waals surface area contributed by atoms with Crippen LogP contribution >= 0.6 is 7.82 Å². The van der Waals surface area contributed by atoms with Crippen LogP contribution in [-0.4, -0.2) is 60.5 Å². The standard InChI is InChI=1S/C45H74NO9P/c1-3-5-7-8-9-10-11-12-13-14-15-16-19-22-25-28-32-36-44(48)52-40-43(41-54-56(50,51)53-39-38-46)55-45(49)37-33-29-26-23-20-17-18-21-24-27-31-35-42(47)34-30-6-4-2/h5,7,9-10,12-13,15-18,23-24,26-27,31,35,42-43,47H,3-4,6,8,11,14,19-22,25,28-30,32-34,36-41,46H2,1-2H3,(H,50,51)/b7-5-,10-9-,13-12-,16-15-,18-17-,26-23-,27-24-,35-31+/t42-,43+/m0/s1. The summed E-state index contributed by atoms with van der Waals surface area (Å²) in [5, 5.41) is 9.89. The average molecular weight is 804 g/mol. The first-order valence-corrected chi connectivity index (χ1v) is 22.3. The largest absolute Gasteiger partial charge is 0.472 e. The lowest BCUT2D eigenvalue weighted by molar-refractivity contribution is -0.161. The van der Waals surface area contributed by atoms with Gasteiger partial charge in [-0.3, -0.25) is 18.6 Å². The highest BCUT2D eigenvalue weighted by Gasteiger charge is 2.25. The van der Waals surface area contributed by atoms with Gasteiger partial charge in [0, 0.05) is 19.4 Å². The molecule has 0 amide bonds. The van der Waals surface area contributed by atoms with Crippen molar-refractivity contribution in [2.45, 2.75) is 148 Å². The van der Waals surface area contributed by atoms with Gasteiger partial charge < -0.3 is 25.2 Å². The van der Waals surface area contributed by atoms with Crippen LogP contribution in [0.4, 0.5) is 0 Å². The van der Waals surface area contributed by atoms with Crippen LogP contribution in [0.15, 0.2) is 97.2 Å². The number of carbonyl (C=O) groups excluding carboxylic acids is 2. The molecule has 0 heterocycles. The Bertz CT molecular complexity index is 1250. The number of ether oxygens (including phenoxy) is 2. The van der Waals surface area contributed by atoms with Gasteiger partial charge in [-0.1, -0.05) is 143 Å². The number of aliphatic hydroxyl groups excluding tert-OH is 1. The molecule has 0 aromatic carbocycles. The van der Waals surface area contributed by atoms with E-state index in [1.807, 2.05) is 36.5 Å². The topological polar surface area (TPSA) is 155 Å². The third-order valence-corrected chi connectivity index (χ3v) is 9.04. The number of esters is 2. The first kappa shape index (κ1) is 52.9. The Balaban J connectivity index is 4.39. The Morgan fingerprint density at radius 1 is 0.643 bits per heavy atom. The monoisotopic (exact) mass is 804 g/mol. The van der Waals surface area contributed by atoms with Crippen LogP contribution in [0.3, 0.4) is 0 Å². The number of phosphoric acid groups is 1. The van der Waals surface area contributed by atoms with Gasteiger partial charge in [0.15, 0.2) is 6.10 Å². The zero-order valence-electron chi connectivity index (χ0n) is 34.4. The summed E-state index contributed by atoms with van der Waals surface area (Å²) in [4.78, 5) is 34.8. The molecule has 0 aliphatic carbocycles. The van der Waals surface area contributed by atoms with Gasteiger partial charge in [0.2, 0.25) is 0 Å². The van der Waals surface area contributed by atoms with Gasteiger partial charge in [-0.05, 0) is 77.0 Å². The van der Waals surface area contributed by atoms with Gasteiger partial charge in [-0.25, -0.2) is 4.57 Å². The average Bonchev–Trinajstić information content (AvgIpc) is 3.18. The maximum absolute atomic E-state index is 12.5. The number of nitrogens with two attached hydrogens (primary N) is 1. The van der Waals surface area contributed by atoms with E-state index in [2.05, 4.69) is 74.6 Å². The Morgan fingerprint density at radius 3 is 1.84 bits per heavy atom. The van der Waals surface area contributed by atoms with Gasteiger partial charge in [0.1, 0.15) is 6.61 Å². The summed E-state index contributed by atoms with van der Waals surface area (Å²) in [5.41, 5.74) is 5.33. The number of hydrogen-bond acceptors (Lipinski definition) is 9. The lowest BCUT2D eigenvalue weighted by Crippen LogP contribution is -2.29. The molecule has 56 heavy (non-hydrogen) atoms. The van der Waals surface area contributed by atoms with E-state index < -0.39 is 32.5 Å². The number of rotatable bonds is 37. The number of hydrogen-bond donors (Lipinski definition) is 3. The molecule has 0 aliphatic heterocycles. The maximum atomic E-state index is 12.5. The van der Waals surface area contributed by atoms with Crippen molar-refractivity contribution in [2.24, 2.45) is 5.73 Å². The second kappa shape index (κ2) is 40.1. The van der Waals surface area contributed by atoms with Crippen molar-refractivity contribution in [3.63, 3.8) is 0 Å². The van der Waals surface area contributed by atoms with Crippen molar-refractivity contribution < 1.29 is 42.7 Å². The quantitative estimate of drug-likeness (QED) is 0.0182.